The third kappa shape index (κ3) is 4.82. The number of benzene rings is 2. The predicted molar refractivity (Wildman–Crippen MR) is 125 cm³/mol. The van der Waals surface area contributed by atoms with Crippen LogP contribution in [0.15, 0.2) is 42.5 Å². The number of fused-ring (bicyclic) bond motifs is 1. The second-order valence-electron chi connectivity index (χ2n) is 8.18. The summed E-state index contributed by atoms with van der Waals surface area (Å²) >= 11 is 0. The van der Waals surface area contributed by atoms with Gasteiger partial charge < -0.3 is 24.2 Å². The Morgan fingerprint density at radius 2 is 1.84 bits per heavy atom. The predicted octanol–water partition coefficient (Wildman–Crippen LogP) is 3.25. The quantitative estimate of drug-likeness (QED) is 0.666. The molecule has 0 aromatic heterocycles. The highest BCUT2D eigenvalue weighted by Crippen LogP contribution is 2.33. The number of anilines is 2. The van der Waals surface area contributed by atoms with Crippen molar-refractivity contribution in [3.8, 4) is 11.5 Å². The normalized spacial score (nSPS) is 15.9. The van der Waals surface area contributed by atoms with E-state index in [1.54, 1.807) is 4.90 Å². The van der Waals surface area contributed by atoms with E-state index in [0.29, 0.717) is 39.1 Å². The summed E-state index contributed by atoms with van der Waals surface area (Å²) in [6, 6.07) is 13.9. The molecule has 0 bridgehead atoms. The lowest BCUT2D eigenvalue weighted by Crippen LogP contribution is -2.49. The van der Waals surface area contributed by atoms with E-state index in [9.17, 15) is 9.59 Å². The van der Waals surface area contributed by atoms with Crippen LogP contribution in [0, 0.1) is 6.92 Å². The molecule has 2 aromatic rings. The molecule has 4 rings (SSSR count). The summed E-state index contributed by atoms with van der Waals surface area (Å²) in [5.74, 6) is 1.70. The number of para-hydroxylation sites is 2. The summed E-state index contributed by atoms with van der Waals surface area (Å²) in [7, 11) is 0. The Labute approximate surface area is 189 Å². The number of ether oxygens (including phenoxy) is 2. The number of nitrogens with zero attached hydrogens (tertiary/aromatic N) is 3. The number of piperazine rings is 1. The van der Waals surface area contributed by atoms with Crippen molar-refractivity contribution >= 4 is 23.2 Å². The molecule has 0 aliphatic carbocycles. The summed E-state index contributed by atoms with van der Waals surface area (Å²) in [6.45, 7) is 8.13. The van der Waals surface area contributed by atoms with Gasteiger partial charge >= 0.3 is 0 Å². The van der Waals surface area contributed by atoms with Crippen LogP contribution in [0.2, 0.25) is 0 Å². The molecule has 0 saturated carbocycles. The lowest BCUT2D eigenvalue weighted by Gasteiger charge is -2.37. The maximum Gasteiger partial charge on any atom is 0.265 e. The van der Waals surface area contributed by atoms with Crippen LogP contribution in [0.4, 0.5) is 11.4 Å². The molecular weight excluding hydrogens is 406 g/mol. The summed E-state index contributed by atoms with van der Waals surface area (Å²) < 4.78 is 11.3. The first-order valence-electron chi connectivity index (χ1n) is 11.3. The summed E-state index contributed by atoms with van der Waals surface area (Å²) in [6.07, 6.45) is 1.06. The average molecular weight is 438 g/mol. The highest BCUT2D eigenvalue weighted by molar-refractivity contribution is 5.98. The lowest BCUT2D eigenvalue weighted by molar-refractivity contribution is -0.131. The van der Waals surface area contributed by atoms with Gasteiger partial charge in [0.1, 0.15) is 11.5 Å². The van der Waals surface area contributed by atoms with E-state index in [-0.39, 0.29) is 18.4 Å². The van der Waals surface area contributed by atoms with Gasteiger partial charge in [-0.1, -0.05) is 18.2 Å². The zero-order valence-electron chi connectivity index (χ0n) is 18.9. The Morgan fingerprint density at radius 1 is 1.06 bits per heavy atom. The Kier molecular flexibility index (Phi) is 6.83. The molecule has 7 heteroatoms. The average Bonchev–Trinajstić information content (AvgIpc) is 2.81. The Bertz CT molecular complexity index is 969. The third-order valence-corrected chi connectivity index (χ3v) is 5.97. The zero-order chi connectivity index (χ0) is 22.5. The standard InChI is InChI=1S/C25H31N3O4/c1-3-31-22-8-5-4-7-20(22)26-13-15-27(16-14-26)24(29)9-6-12-28-21-17-19(2)10-11-23(21)32-18-25(28)30/h4-5,7-8,10-11,17H,3,6,9,12-16,18H2,1-2H3. The molecule has 0 atom stereocenters. The Balaban J connectivity index is 1.28. The van der Waals surface area contributed by atoms with Gasteiger partial charge in [0, 0.05) is 39.1 Å². The first-order chi connectivity index (χ1) is 15.6. The van der Waals surface area contributed by atoms with Crippen molar-refractivity contribution in [3.63, 3.8) is 0 Å². The maximum absolute atomic E-state index is 12.8. The van der Waals surface area contributed by atoms with Crippen LogP contribution in [-0.2, 0) is 9.59 Å². The molecule has 0 radical (unpaired) electrons. The Hall–Kier alpha value is -3.22. The highest BCUT2D eigenvalue weighted by Gasteiger charge is 2.26. The second-order valence-corrected chi connectivity index (χ2v) is 8.18. The zero-order valence-corrected chi connectivity index (χ0v) is 18.9. The molecule has 2 aliphatic heterocycles. The van der Waals surface area contributed by atoms with E-state index in [1.807, 2.05) is 55.1 Å². The van der Waals surface area contributed by atoms with E-state index < -0.39 is 0 Å². The molecule has 2 amide bonds. The van der Waals surface area contributed by atoms with Crippen molar-refractivity contribution < 1.29 is 19.1 Å². The number of hydrogen-bond donors (Lipinski definition) is 0. The highest BCUT2D eigenvalue weighted by atomic mass is 16.5. The van der Waals surface area contributed by atoms with Gasteiger partial charge in [0.05, 0.1) is 18.0 Å². The smallest absolute Gasteiger partial charge is 0.265 e. The fraction of sp³-hybridized carbons (Fsp3) is 0.440. The first-order valence-corrected chi connectivity index (χ1v) is 11.3. The van der Waals surface area contributed by atoms with Gasteiger partial charge in [-0.2, -0.15) is 0 Å². The van der Waals surface area contributed by atoms with Crippen molar-refractivity contribution in [2.45, 2.75) is 26.7 Å². The number of rotatable bonds is 7. The molecule has 7 nitrogen and oxygen atoms in total. The molecular formula is C25H31N3O4. The minimum Gasteiger partial charge on any atom is -0.492 e. The number of amides is 2. The molecule has 0 spiro atoms. The van der Waals surface area contributed by atoms with E-state index in [1.165, 1.54) is 0 Å². The SMILES string of the molecule is CCOc1ccccc1N1CCN(C(=O)CCCN2C(=O)COc3ccc(C)cc32)CC1. The van der Waals surface area contributed by atoms with Gasteiger partial charge in [-0.3, -0.25) is 9.59 Å². The van der Waals surface area contributed by atoms with Crippen molar-refractivity contribution in [2.75, 3.05) is 55.7 Å². The van der Waals surface area contributed by atoms with Crippen molar-refractivity contribution in [1.29, 1.82) is 0 Å². The molecule has 2 aromatic carbocycles. The summed E-state index contributed by atoms with van der Waals surface area (Å²) in [5.41, 5.74) is 2.96. The van der Waals surface area contributed by atoms with E-state index in [0.717, 1.165) is 41.5 Å². The van der Waals surface area contributed by atoms with Gasteiger partial charge in [0.2, 0.25) is 5.91 Å². The van der Waals surface area contributed by atoms with Crippen molar-refractivity contribution in [2.24, 2.45) is 0 Å². The largest absolute Gasteiger partial charge is 0.492 e. The van der Waals surface area contributed by atoms with Gasteiger partial charge in [0.15, 0.2) is 6.61 Å². The minimum absolute atomic E-state index is 0.0508. The fourth-order valence-corrected chi connectivity index (χ4v) is 4.30. The van der Waals surface area contributed by atoms with Crippen LogP contribution < -0.4 is 19.3 Å². The topological polar surface area (TPSA) is 62.3 Å². The van der Waals surface area contributed by atoms with Crippen molar-refractivity contribution in [1.82, 2.24) is 4.90 Å². The van der Waals surface area contributed by atoms with E-state index >= 15 is 0 Å². The lowest BCUT2D eigenvalue weighted by atomic mass is 10.1. The summed E-state index contributed by atoms with van der Waals surface area (Å²) in [5, 5.41) is 0. The number of aryl methyl sites for hydroxylation is 1. The molecule has 2 aliphatic rings. The fourth-order valence-electron chi connectivity index (χ4n) is 4.30. The van der Waals surface area contributed by atoms with Crippen molar-refractivity contribution in [3.05, 3.63) is 48.0 Å². The second kappa shape index (κ2) is 9.94. The third-order valence-electron chi connectivity index (χ3n) is 5.97. The van der Waals surface area contributed by atoms with Crippen LogP contribution >= 0.6 is 0 Å². The molecule has 170 valence electrons. The van der Waals surface area contributed by atoms with Gasteiger partial charge in [0.25, 0.3) is 5.91 Å². The monoisotopic (exact) mass is 437 g/mol. The van der Waals surface area contributed by atoms with Crippen LogP contribution in [-0.4, -0.2) is 62.7 Å². The first kappa shape index (κ1) is 22.0. The van der Waals surface area contributed by atoms with E-state index in [4.69, 9.17) is 9.47 Å². The van der Waals surface area contributed by atoms with Crippen LogP contribution in [0.1, 0.15) is 25.3 Å². The molecule has 32 heavy (non-hydrogen) atoms. The van der Waals surface area contributed by atoms with Crippen LogP contribution in [0.3, 0.4) is 0 Å². The maximum atomic E-state index is 12.8. The minimum atomic E-state index is -0.0582. The molecule has 0 N–H and O–H groups in total. The molecule has 2 heterocycles. The Morgan fingerprint density at radius 3 is 2.62 bits per heavy atom. The van der Waals surface area contributed by atoms with Gasteiger partial charge in [-0.15, -0.1) is 0 Å². The molecule has 0 unspecified atom stereocenters. The molecule has 1 fully saturated rings. The van der Waals surface area contributed by atoms with Gasteiger partial charge in [-0.25, -0.2) is 0 Å². The number of carbonyl (C=O) groups is 2. The summed E-state index contributed by atoms with van der Waals surface area (Å²) in [4.78, 5) is 31.1. The van der Waals surface area contributed by atoms with Crippen LogP contribution in [0.5, 0.6) is 11.5 Å². The van der Waals surface area contributed by atoms with Gasteiger partial charge in [-0.05, 0) is 50.1 Å². The number of carbonyl (C=O) groups excluding carboxylic acids is 2. The van der Waals surface area contributed by atoms with Crippen LogP contribution in [0.25, 0.3) is 0 Å². The number of hydrogen-bond acceptors (Lipinski definition) is 5. The molecule has 1 saturated heterocycles. The van der Waals surface area contributed by atoms with E-state index in [2.05, 4.69) is 11.0 Å².